The Bertz CT molecular complexity index is 693. The van der Waals surface area contributed by atoms with Crippen LogP contribution >= 0.6 is 0 Å². The third kappa shape index (κ3) is 3.98. The van der Waals surface area contributed by atoms with Gasteiger partial charge in [0.1, 0.15) is 11.7 Å². The second kappa shape index (κ2) is 7.93. The van der Waals surface area contributed by atoms with E-state index in [1.807, 2.05) is 0 Å². The fourth-order valence-corrected chi connectivity index (χ4v) is 4.55. The Labute approximate surface area is 158 Å². The number of carboxylic acids is 1. The van der Waals surface area contributed by atoms with Gasteiger partial charge in [0, 0.05) is 38.1 Å². The smallest absolute Gasteiger partial charge is 0.314 e. The minimum absolute atomic E-state index is 0.0168. The molecule has 27 heavy (non-hydrogen) atoms. The maximum atomic E-state index is 12.5. The first-order chi connectivity index (χ1) is 13.1. The Kier molecular flexibility index (Phi) is 5.40. The Morgan fingerprint density at radius 1 is 1.15 bits per heavy atom. The molecule has 1 saturated carbocycles. The maximum Gasteiger partial charge on any atom is 0.314 e. The van der Waals surface area contributed by atoms with Crippen LogP contribution in [0.4, 0.5) is 5.95 Å². The van der Waals surface area contributed by atoms with Crippen molar-refractivity contribution in [1.82, 2.24) is 25.0 Å². The number of fused-ring (bicyclic) bond motifs is 1. The zero-order valence-corrected chi connectivity index (χ0v) is 15.6. The van der Waals surface area contributed by atoms with Crippen LogP contribution in [0.3, 0.4) is 0 Å². The molecule has 1 amide bonds. The predicted molar refractivity (Wildman–Crippen MR) is 98.5 cm³/mol. The Morgan fingerprint density at radius 3 is 2.59 bits per heavy atom. The number of nitrogens with one attached hydrogen (secondary N) is 2. The molecule has 1 aromatic heterocycles. The van der Waals surface area contributed by atoms with Crippen LogP contribution in [-0.4, -0.2) is 68.9 Å². The Hall–Kier alpha value is -2.00. The van der Waals surface area contributed by atoms with E-state index in [9.17, 15) is 14.7 Å². The summed E-state index contributed by atoms with van der Waals surface area (Å²) in [6, 6.07) is 0.129. The van der Waals surface area contributed by atoms with Crippen molar-refractivity contribution in [3.8, 4) is 0 Å². The van der Waals surface area contributed by atoms with Crippen molar-refractivity contribution < 1.29 is 14.7 Å². The average molecular weight is 376 g/mol. The molecule has 9 nitrogen and oxygen atoms in total. The van der Waals surface area contributed by atoms with E-state index in [2.05, 4.69) is 25.6 Å². The Balaban J connectivity index is 1.49. The number of hydrogen-bond acceptors (Lipinski definition) is 6. The van der Waals surface area contributed by atoms with Gasteiger partial charge in [-0.15, -0.1) is 5.10 Å². The molecule has 2 aliphatic heterocycles. The summed E-state index contributed by atoms with van der Waals surface area (Å²) < 4.78 is 1.69. The molecule has 148 valence electrons. The van der Waals surface area contributed by atoms with E-state index in [0.29, 0.717) is 18.8 Å². The van der Waals surface area contributed by atoms with E-state index in [-0.39, 0.29) is 23.8 Å². The molecule has 3 heterocycles. The van der Waals surface area contributed by atoms with Gasteiger partial charge >= 0.3 is 5.97 Å². The van der Waals surface area contributed by atoms with Crippen molar-refractivity contribution in [1.29, 1.82) is 0 Å². The van der Waals surface area contributed by atoms with Crippen molar-refractivity contribution in [3.05, 3.63) is 5.82 Å². The van der Waals surface area contributed by atoms with E-state index < -0.39 is 11.9 Å². The van der Waals surface area contributed by atoms with E-state index >= 15 is 0 Å². The van der Waals surface area contributed by atoms with E-state index in [0.717, 1.165) is 51.9 Å². The zero-order valence-electron chi connectivity index (χ0n) is 15.6. The normalized spacial score (nSPS) is 27.1. The lowest BCUT2D eigenvalue weighted by Gasteiger charge is -2.38. The van der Waals surface area contributed by atoms with E-state index in [1.54, 1.807) is 4.68 Å². The topological polar surface area (TPSA) is 112 Å². The molecule has 1 aliphatic carbocycles. The van der Waals surface area contributed by atoms with Crippen LogP contribution in [0.25, 0.3) is 0 Å². The summed E-state index contributed by atoms with van der Waals surface area (Å²) in [5.41, 5.74) is 0. The molecular weight excluding hydrogens is 348 g/mol. The quantitative estimate of drug-likeness (QED) is 0.707. The molecule has 2 unspecified atom stereocenters. The third-order valence-electron chi connectivity index (χ3n) is 6.08. The van der Waals surface area contributed by atoms with Crippen molar-refractivity contribution >= 4 is 17.8 Å². The summed E-state index contributed by atoms with van der Waals surface area (Å²) in [6.45, 7) is 4.27. The molecule has 1 saturated heterocycles. The number of nitrogens with zero attached hydrogens (tertiary/aromatic N) is 4. The highest BCUT2D eigenvalue weighted by Gasteiger charge is 2.37. The first kappa shape index (κ1) is 18.4. The van der Waals surface area contributed by atoms with E-state index in [1.165, 1.54) is 6.42 Å². The lowest BCUT2D eigenvalue weighted by atomic mass is 9.89. The fourth-order valence-electron chi connectivity index (χ4n) is 4.55. The highest BCUT2D eigenvalue weighted by atomic mass is 16.4. The highest BCUT2D eigenvalue weighted by Crippen LogP contribution is 2.30. The first-order valence-electron chi connectivity index (χ1n) is 10.0. The number of rotatable bonds is 4. The molecule has 0 bridgehead atoms. The van der Waals surface area contributed by atoms with Gasteiger partial charge in [0.2, 0.25) is 11.9 Å². The monoisotopic (exact) mass is 376 g/mol. The van der Waals surface area contributed by atoms with Gasteiger partial charge in [-0.25, -0.2) is 4.68 Å². The summed E-state index contributed by atoms with van der Waals surface area (Å²) in [4.78, 5) is 31.0. The van der Waals surface area contributed by atoms with E-state index in [4.69, 9.17) is 0 Å². The Morgan fingerprint density at radius 2 is 1.89 bits per heavy atom. The van der Waals surface area contributed by atoms with Crippen LogP contribution in [0.5, 0.6) is 0 Å². The van der Waals surface area contributed by atoms with Crippen LogP contribution in [0.15, 0.2) is 0 Å². The van der Waals surface area contributed by atoms with Crippen LogP contribution in [0.2, 0.25) is 0 Å². The third-order valence-corrected chi connectivity index (χ3v) is 6.08. The largest absolute Gasteiger partial charge is 0.481 e. The number of carbonyl (C=O) groups excluding carboxylic acids is 1. The molecule has 4 rings (SSSR count). The van der Waals surface area contributed by atoms with Gasteiger partial charge < -0.3 is 10.4 Å². The van der Waals surface area contributed by atoms with Crippen molar-refractivity contribution in [2.75, 3.05) is 31.5 Å². The van der Waals surface area contributed by atoms with Crippen LogP contribution in [0, 0.1) is 5.92 Å². The molecule has 9 heteroatoms. The highest BCUT2D eigenvalue weighted by molar-refractivity contribution is 5.91. The molecule has 0 spiro atoms. The van der Waals surface area contributed by atoms with Gasteiger partial charge in [0.15, 0.2) is 0 Å². The summed E-state index contributed by atoms with van der Waals surface area (Å²) in [7, 11) is 0. The summed E-state index contributed by atoms with van der Waals surface area (Å²) in [5, 5.41) is 20.3. The van der Waals surface area contributed by atoms with Crippen LogP contribution in [0.1, 0.15) is 50.3 Å². The fraction of sp³-hybridized carbons (Fsp3) is 0.778. The number of aromatic nitrogens is 3. The second-order valence-electron chi connectivity index (χ2n) is 7.87. The lowest BCUT2D eigenvalue weighted by molar-refractivity contribution is -0.140. The van der Waals surface area contributed by atoms with Gasteiger partial charge in [0.25, 0.3) is 0 Å². The number of aliphatic carboxylic acids is 1. The van der Waals surface area contributed by atoms with Crippen LogP contribution < -0.4 is 10.6 Å². The lowest BCUT2D eigenvalue weighted by Crippen LogP contribution is -2.52. The number of hydrogen-bond donors (Lipinski definition) is 3. The molecule has 1 aromatic rings. The standard InChI is InChI=1S/C18H28N6O3/c25-16(12-4-2-1-3-5-12)21-18-20-15-14(17(26)27)10-13(11-24(15)22-18)23-8-6-19-7-9-23/h12-14,19H,1-11H2,(H,26,27)(H,21,22,25). The minimum Gasteiger partial charge on any atom is -0.481 e. The van der Waals surface area contributed by atoms with Crippen molar-refractivity contribution in [3.63, 3.8) is 0 Å². The van der Waals surface area contributed by atoms with Gasteiger partial charge in [0.05, 0.1) is 6.54 Å². The van der Waals surface area contributed by atoms with Gasteiger partial charge in [-0.05, 0) is 19.3 Å². The van der Waals surface area contributed by atoms with Crippen LogP contribution in [-0.2, 0) is 16.1 Å². The minimum atomic E-state index is -0.881. The molecule has 3 N–H and O–H groups in total. The molecule has 2 fully saturated rings. The SMILES string of the molecule is O=C(Nc1nc2n(n1)CC(N1CCNCC1)CC2C(=O)O)C1CCCCC1. The molecular formula is C18H28N6O3. The number of anilines is 1. The van der Waals surface area contributed by atoms with Gasteiger partial charge in [-0.2, -0.15) is 4.98 Å². The number of amides is 1. The maximum absolute atomic E-state index is 12.5. The molecule has 0 aromatic carbocycles. The summed E-state index contributed by atoms with van der Waals surface area (Å²) in [5.74, 6) is -0.896. The van der Waals surface area contributed by atoms with Crippen molar-refractivity contribution in [2.24, 2.45) is 5.92 Å². The molecule has 0 radical (unpaired) electrons. The number of piperazine rings is 1. The summed E-state index contributed by atoms with van der Waals surface area (Å²) in [6.07, 6.45) is 5.69. The second-order valence-corrected chi connectivity index (χ2v) is 7.87. The van der Waals surface area contributed by atoms with Gasteiger partial charge in [-0.1, -0.05) is 19.3 Å². The van der Waals surface area contributed by atoms with Crippen molar-refractivity contribution in [2.45, 2.75) is 57.0 Å². The number of carboxylic acid groups (broad SMARTS) is 1. The average Bonchev–Trinajstić information content (AvgIpc) is 3.10. The zero-order chi connectivity index (χ0) is 18.8. The molecule has 3 aliphatic rings. The predicted octanol–water partition coefficient (Wildman–Crippen LogP) is 0.643. The summed E-state index contributed by atoms with van der Waals surface area (Å²) >= 11 is 0. The van der Waals surface area contributed by atoms with Gasteiger partial charge in [-0.3, -0.25) is 19.8 Å². The first-order valence-corrected chi connectivity index (χ1v) is 10.0. The molecule has 2 atom stereocenters. The number of carbonyl (C=O) groups is 2.